The van der Waals surface area contributed by atoms with Gasteiger partial charge >= 0.3 is 0 Å². The van der Waals surface area contributed by atoms with Crippen LogP contribution in [-0.2, 0) is 15.0 Å². The predicted molar refractivity (Wildman–Crippen MR) is 69.4 cm³/mol. The predicted octanol–water partition coefficient (Wildman–Crippen LogP) is -1.48. The van der Waals surface area contributed by atoms with Gasteiger partial charge in [-0.15, -0.1) is 5.10 Å². The van der Waals surface area contributed by atoms with E-state index in [1.165, 1.54) is 0 Å². The molecule has 3 amide bonds. The van der Waals surface area contributed by atoms with E-state index in [2.05, 4.69) is 15.2 Å². The molecule has 0 fully saturated rings. The van der Waals surface area contributed by atoms with Crippen molar-refractivity contribution in [2.75, 3.05) is 13.1 Å². The van der Waals surface area contributed by atoms with Crippen molar-refractivity contribution in [2.45, 2.75) is 26.2 Å². The van der Waals surface area contributed by atoms with Crippen molar-refractivity contribution in [3.05, 3.63) is 11.6 Å². The molecule has 1 rings (SSSR count). The number of rotatable bonds is 5. The van der Waals surface area contributed by atoms with Crippen molar-refractivity contribution in [3.8, 4) is 0 Å². The number of aromatic nitrogens is 3. The Morgan fingerprint density at radius 3 is 2.00 bits per heavy atom. The van der Waals surface area contributed by atoms with Gasteiger partial charge in [0.1, 0.15) is 18.9 Å². The highest BCUT2D eigenvalue weighted by atomic mass is 16.2. The van der Waals surface area contributed by atoms with Gasteiger partial charge in [0.05, 0.1) is 0 Å². The summed E-state index contributed by atoms with van der Waals surface area (Å²) in [5, 5.41) is 6.43. The van der Waals surface area contributed by atoms with E-state index >= 15 is 0 Å². The Hall–Kier alpha value is -2.45. The lowest BCUT2D eigenvalue weighted by atomic mass is 9.96. The second-order valence-electron chi connectivity index (χ2n) is 5.35. The molecular weight excluding hydrogens is 264 g/mol. The Balaban J connectivity index is 2.97. The molecule has 5 N–H and O–H groups in total. The lowest BCUT2D eigenvalue weighted by molar-refractivity contribution is -0.121. The van der Waals surface area contributed by atoms with E-state index in [0.717, 1.165) is 4.90 Å². The molecule has 110 valence electrons. The number of nitrogens with two attached hydrogens (primary N) is 2. The maximum Gasteiger partial charge on any atom is 0.294 e. The Labute approximate surface area is 115 Å². The Morgan fingerprint density at radius 2 is 1.65 bits per heavy atom. The smallest absolute Gasteiger partial charge is 0.294 e. The molecule has 0 atom stereocenters. The number of primary amides is 2. The van der Waals surface area contributed by atoms with Gasteiger partial charge in [-0.1, -0.05) is 20.8 Å². The monoisotopic (exact) mass is 282 g/mol. The molecule has 9 nitrogen and oxygen atoms in total. The van der Waals surface area contributed by atoms with Gasteiger partial charge < -0.3 is 16.4 Å². The highest BCUT2D eigenvalue weighted by Crippen LogP contribution is 2.17. The average Bonchev–Trinajstić information content (AvgIpc) is 2.74. The zero-order valence-electron chi connectivity index (χ0n) is 11.6. The average molecular weight is 282 g/mol. The van der Waals surface area contributed by atoms with Gasteiger partial charge in [0.25, 0.3) is 5.91 Å². The minimum absolute atomic E-state index is 0.141. The Bertz CT molecular complexity index is 515. The quantitative estimate of drug-likeness (QED) is 0.602. The lowest BCUT2D eigenvalue weighted by Gasteiger charge is -2.17. The summed E-state index contributed by atoms with van der Waals surface area (Å²) in [6, 6.07) is 0. The summed E-state index contributed by atoms with van der Waals surface area (Å²) in [6.45, 7) is 4.83. The molecule has 0 aliphatic carbocycles. The number of carbonyl (C=O) groups is 3. The van der Waals surface area contributed by atoms with Crippen molar-refractivity contribution in [3.63, 3.8) is 0 Å². The number of hydrogen-bond donors (Lipinski definition) is 3. The first-order valence-corrected chi connectivity index (χ1v) is 5.90. The Morgan fingerprint density at radius 1 is 1.15 bits per heavy atom. The topological polar surface area (TPSA) is 148 Å². The molecule has 0 spiro atoms. The van der Waals surface area contributed by atoms with Crippen LogP contribution in [0, 0.1) is 0 Å². The number of nitrogens with one attached hydrogen (secondary N) is 1. The van der Waals surface area contributed by atoms with Crippen LogP contribution in [0.15, 0.2) is 0 Å². The van der Waals surface area contributed by atoms with Crippen molar-refractivity contribution in [1.29, 1.82) is 0 Å². The van der Waals surface area contributed by atoms with E-state index in [0.29, 0.717) is 5.82 Å². The largest absolute Gasteiger partial charge is 0.368 e. The van der Waals surface area contributed by atoms with E-state index < -0.39 is 30.8 Å². The van der Waals surface area contributed by atoms with Crippen LogP contribution in [0.2, 0.25) is 0 Å². The molecule has 9 heteroatoms. The maximum absolute atomic E-state index is 12.1. The van der Waals surface area contributed by atoms with E-state index in [9.17, 15) is 14.4 Å². The van der Waals surface area contributed by atoms with Crippen LogP contribution in [0.1, 0.15) is 37.2 Å². The highest BCUT2D eigenvalue weighted by Gasteiger charge is 2.26. The van der Waals surface area contributed by atoms with Crippen LogP contribution in [0.4, 0.5) is 0 Å². The molecule has 1 aromatic heterocycles. The van der Waals surface area contributed by atoms with E-state index in [1.54, 1.807) is 0 Å². The molecule has 0 aromatic carbocycles. The van der Waals surface area contributed by atoms with Crippen LogP contribution >= 0.6 is 0 Å². The summed E-state index contributed by atoms with van der Waals surface area (Å²) in [5.74, 6) is -1.83. The zero-order chi connectivity index (χ0) is 15.5. The first kappa shape index (κ1) is 15.6. The fraction of sp³-hybridized carbons (Fsp3) is 0.545. The van der Waals surface area contributed by atoms with E-state index in [4.69, 9.17) is 11.5 Å². The van der Waals surface area contributed by atoms with Crippen LogP contribution in [0.5, 0.6) is 0 Å². The molecule has 0 saturated carbocycles. The molecule has 0 radical (unpaired) electrons. The minimum atomic E-state index is -0.758. The van der Waals surface area contributed by atoms with Gasteiger partial charge in [-0.2, -0.15) is 0 Å². The molecule has 0 aliphatic rings. The van der Waals surface area contributed by atoms with Crippen molar-refractivity contribution < 1.29 is 14.4 Å². The molecule has 0 aliphatic heterocycles. The number of hydrogen-bond acceptors (Lipinski definition) is 5. The van der Waals surface area contributed by atoms with Crippen LogP contribution in [0.25, 0.3) is 0 Å². The number of amides is 3. The van der Waals surface area contributed by atoms with E-state index in [1.807, 2.05) is 20.8 Å². The van der Waals surface area contributed by atoms with Gasteiger partial charge in [0.15, 0.2) is 0 Å². The molecule has 1 heterocycles. The summed E-state index contributed by atoms with van der Waals surface area (Å²) in [6.07, 6.45) is 0. The third kappa shape index (κ3) is 4.04. The van der Waals surface area contributed by atoms with Gasteiger partial charge in [0, 0.05) is 5.41 Å². The van der Waals surface area contributed by atoms with Gasteiger partial charge in [-0.25, -0.2) is 4.98 Å². The van der Waals surface area contributed by atoms with Crippen molar-refractivity contribution in [2.24, 2.45) is 11.5 Å². The van der Waals surface area contributed by atoms with Crippen LogP contribution in [-0.4, -0.2) is 50.9 Å². The summed E-state index contributed by atoms with van der Waals surface area (Å²) in [7, 11) is 0. The third-order valence-corrected chi connectivity index (χ3v) is 2.37. The van der Waals surface area contributed by atoms with E-state index in [-0.39, 0.29) is 11.2 Å². The second kappa shape index (κ2) is 5.68. The van der Waals surface area contributed by atoms with Gasteiger partial charge in [0.2, 0.25) is 17.6 Å². The molecule has 0 saturated heterocycles. The van der Waals surface area contributed by atoms with Gasteiger partial charge in [-0.05, 0) is 0 Å². The zero-order valence-corrected chi connectivity index (χ0v) is 11.6. The number of H-pyrrole nitrogens is 1. The highest BCUT2D eigenvalue weighted by molar-refractivity contribution is 5.95. The molecule has 0 unspecified atom stereocenters. The number of aromatic amines is 1. The fourth-order valence-corrected chi connectivity index (χ4v) is 1.41. The molecule has 0 bridgehead atoms. The first-order valence-electron chi connectivity index (χ1n) is 5.90. The summed E-state index contributed by atoms with van der Waals surface area (Å²) in [5.41, 5.74) is 9.74. The van der Waals surface area contributed by atoms with Crippen molar-refractivity contribution >= 4 is 17.7 Å². The molecular formula is C11H18N6O3. The van der Waals surface area contributed by atoms with Crippen LogP contribution in [0.3, 0.4) is 0 Å². The minimum Gasteiger partial charge on any atom is -0.368 e. The second-order valence-corrected chi connectivity index (χ2v) is 5.35. The molecule has 20 heavy (non-hydrogen) atoms. The summed E-state index contributed by atoms with van der Waals surface area (Å²) < 4.78 is 0. The number of carbonyl (C=O) groups excluding carboxylic acids is 3. The van der Waals surface area contributed by atoms with Crippen LogP contribution < -0.4 is 11.5 Å². The summed E-state index contributed by atoms with van der Waals surface area (Å²) >= 11 is 0. The first-order chi connectivity index (χ1) is 9.11. The van der Waals surface area contributed by atoms with Crippen molar-refractivity contribution in [1.82, 2.24) is 20.1 Å². The van der Waals surface area contributed by atoms with Gasteiger partial charge in [-0.3, -0.25) is 19.5 Å². The Kier molecular flexibility index (Phi) is 4.43. The normalized spacial score (nSPS) is 11.2. The maximum atomic E-state index is 12.1. The standard InChI is InChI=1S/C11H18N6O3/c1-11(2,3)10-14-8(15-16-10)9(20)17(4-6(12)18)5-7(13)19/h4-5H2,1-3H3,(H2,12,18)(H2,13,19)(H,14,15,16). The summed E-state index contributed by atoms with van der Waals surface area (Å²) in [4.78, 5) is 38.9. The SMILES string of the molecule is CC(C)(C)c1nc(C(=O)N(CC(N)=O)CC(N)=O)n[nH]1. The third-order valence-electron chi connectivity index (χ3n) is 2.37. The lowest BCUT2D eigenvalue weighted by Crippen LogP contribution is -2.43. The number of nitrogens with zero attached hydrogens (tertiary/aromatic N) is 3. The molecule has 1 aromatic rings. The fourth-order valence-electron chi connectivity index (χ4n) is 1.41.